The summed E-state index contributed by atoms with van der Waals surface area (Å²) in [6.45, 7) is 0. The highest BCUT2D eigenvalue weighted by Gasteiger charge is 2.67. The summed E-state index contributed by atoms with van der Waals surface area (Å²) in [6, 6.07) is 12.8. The van der Waals surface area contributed by atoms with Gasteiger partial charge in [0.05, 0.1) is 10.9 Å². The van der Waals surface area contributed by atoms with E-state index in [2.05, 4.69) is 10.3 Å². The molecule has 0 spiro atoms. The number of hydrogen-bond donors (Lipinski definition) is 1. The van der Waals surface area contributed by atoms with Crippen molar-refractivity contribution in [3.63, 3.8) is 0 Å². The van der Waals surface area contributed by atoms with Crippen molar-refractivity contribution in [3.05, 3.63) is 59.2 Å². The first-order valence-electron chi connectivity index (χ1n) is 6.35. The Morgan fingerprint density at radius 3 is 2.48 bits per heavy atom. The van der Waals surface area contributed by atoms with E-state index in [1.807, 2.05) is 30.3 Å². The molecule has 3 rings (SSSR count). The molecule has 1 aromatic heterocycles. The zero-order valence-corrected chi connectivity index (χ0v) is 13.0. The maximum atomic E-state index is 12.3. The molecule has 1 N–H and O–H groups in total. The number of nitrogens with zero attached hydrogens (tertiary/aromatic N) is 1. The number of rotatable bonds is 3. The fourth-order valence-electron chi connectivity index (χ4n) is 2.38. The Hall–Kier alpha value is -1.29. The zero-order chi connectivity index (χ0) is 15.0. The van der Waals surface area contributed by atoms with Gasteiger partial charge in [0.1, 0.15) is 10.2 Å². The molecule has 3 nitrogen and oxygen atoms in total. The van der Waals surface area contributed by atoms with Gasteiger partial charge in [0.15, 0.2) is 0 Å². The molecule has 0 aliphatic heterocycles. The van der Waals surface area contributed by atoms with Gasteiger partial charge in [-0.2, -0.15) is 0 Å². The van der Waals surface area contributed by atoms with Crippen molar-refractivity contribution < 1.29 is 4.79 Å². The number of pyridine rings is 1. The van der Waals surface area contributed by atoms with Crippen LogP contribution in [0.4, 0.5) is 5.82 Å². The summed E-state index contributed by atoms with van der Waals surface area (Å²) in [6.07, 6.45) is 1.47. The van der Waals surface area contributed by atoms with E-state index in [0.29, 0.717) is 10.8 Å². The number of carbonyl (C=O) groups is 1. The summed E-state index contributed by atoms with van der Waals surface area (Å²) in [7, 11) is 0. The van der Waals surface area contributed by atoms with Crippen LogP contribution in [0.15, 0.2) is 48.7 Å². The lowest BCUT2D eigenvalue weighted by Crippen LogP contribution is -2.17. The lowest BCUT2D eigenvalue weighted by atomic mass is 10.1. The lowest BCUT2D eigenvalue weighted by molar-refractivity contribution is -0.117. The van der Waals surface area contributed by atoms with E-state index >= 15 is 0 Å². The van der Waals surface area contributed by atoms with E-state index in [1.54, 1.807) is 12.1 Å². The number of carbonyl (C=O) groups excluding carboxylic acids is 1. The number of nitrogens with one attached hydrogen (secondary N) is 1. The molecule has 0 radical (unpaired) electrons. The van der Waals surface area contributed by atoms with Gasteiger partial charge in [-0.3, -0.25) is 4.79 Å². The molecule has 1 heterocycles. The molecule has 0 saturated heterocycles. The fourth-order valence-corrected chi connectivity index (χ4v) is 3.32. The summed E-state index contributed by atoms with van der Waals surface area (Å²) in [5, 5.41) is 3.21. The molecular formula is C15H11Cl3N2O. The van der Waals surface area contributed by atoms with Crippen molar-refractivity contribution >= 4 is 46.5 Å². The molecule has 1 amide bonds. The Labute approximate surface area is 137 Å². The highest BCUT2D eigenvalue weighted by atomic mass is 35.5. The second-order valence-electron chi connectivity index (χ2n) is 4.89. The number of anilines is 1. The molecule has 1 fully saturated rings. The molecular weight excluding hydrogens is 331 g/mol. The van der Waals surface area contributed by atoms with Crippen molar-refractivity contribution in [2.45, 2.75) is 10.3 Å². The SMILES string of the molecule is O=C(Nc1ccc(Cl)cn1)[C@H]1[C@@H](c2ccccc2)C1(Cl)Cl. The van der Waals surface area contributed by atoms with Gasteiger partial charge in [-0.05, 0) is 17.7 Å². The maximum Gasteiger partial charge on any atom is 0.232 e. The molecule has 1 aliphatic rings. The minimum Gasteiger partial charge on any atom is -0.310 e. The van der Waals surface area contributed by atoms with Gasteiger partial charge in [0, 0.05) is 12.1 Å². The first-order valence-corrected chi connectivity index (χ1v) is 7.48. The standard InChI is InChI=1S/C15H11Cl3N2O/c16-10-6-7-11(19-8-10)20-14(21)13-12(15(13,17)18)9-4-2-1-3-5-9/h1-8,12-13H,(H,19,20,21)/t12-,13-/m1/s1. The number of amides is 1. The van der Waals surface area contributed by atoms with Crippen LogP contribution in [-0.4, -0.2) is 15.2 Å². The lowest BCUT2D eigenvalue weighted by Gasteiger charge is -2.03. The monoisotopic (exact) mass is 340 g/mol. The molecule has 1 saturated carbocycles. The molecule has 108 valence electrons. The van der Waals surface area contributed by atoms with Gasteiger partial charge >= 0.3 is 0 Å². The predicted octanol–water partition coefficient (Wildman–Crippen LogP) is 4.26. The second kappa shape index (κ2) is 5.48. The minimum absolute atomic E-state index is 0.214. The molecule has 6 heteroatoms. The highest BCUT2D eigenvalue weighted by Crippen LogP contribution is 2.65. The van der Waals surface area contributed by atoms with Gasteiger partial charge in [0.25, 0.3) is 0 Å². The van der Waals surface area contributed by atoms with E-state index in [4.69, 9.17) is 34.8 Å². The normalized spacial score (nSPS) is 22.6. The van der Waals surface area contributed by atoms with Crippen LogP contribution in [0.2, 0.25) is 5.02 Å². The van der Waals surface area contributed by atoms with E-state index in [-0.39, 0.29) is 11.8 Å². The Bertz CT molecular complexity index is 658. The maximum absolute atomic E-state index is 12.3. The molecule has 2 aromatic rings. The topological polar surface area (TPSA) is 42.0 Å². The zero-order valence-electron chi connectivity index (χ0n) is 10.8. The fraction of sp³-hybridized carbons (Fsp3) is 0.200. The van der Waals surface area contributed by atoms with Crippen molar-refractivity contribution in [1.29, 1.82) is 0 Å². The first kappa shape index (κ1) is 14.6. The van der Waals surface area contributed by atoms with Crippen molar-refractivity contribution in [2.24, 2.45) is 5.92 Å². The van der Waals surface area contributed by atoms with Crippen molar-refractivity contribution in [2.75, 3.05) is 5.32 Å². The average molecular weight is 342 g/mol. The summed E-state index contributed by atoms with van der Waals surface area (Å²) in [5.41, 5.74) is 0.951. The van der Waals surface area contributed by atoms with Gasteiger partial charge in [-0.15, -0.1) is 23.2 Å². The molecule has 0 unspecified atom stereocenters. The van der Waals surface area contributed by atoms with E-state index in [0.717, 1.165) is 5.56 Å². The molecule has 1 aliphatic carbocycles. The van der Waals surface area contributed by atoms with Crippen LogP contribution in [0, 0.1) is 5.92 Å². The van der Waals surface area contributed by atoms with Crippen molar-refractivity contribution in [3.8, 4) is 0 Å². The van der Waals surface area contributed by atoms with Gasteiger partial charge in [0.2, 0.25) is 5.91 Å². The minimum atomic E-state index is -1.09. The second-order valence-corrected chi connectivity index (χ2v) is 6.77. The Balaban J connectivity index is 1.75. The van der Waals surface area contributed by atoms with Crippen LogP contribution < -0.4 is 5.32 Å². The van der Waals surface area contributed by atoms with Crippen LogP contribution in [0.3, 0.4) is 0 Å². The van der Waals surface area contributed by atoms with Gasteiger partial charge < -0.3 is 5.32 Å². The predicted molar refractivity (Wildman–Crippen MR) is 85.0 cm³/mol. The Morgan fingerprint density at radius 1 is 1.14 bits per heavy atom. The molecule has 1 aromatic carbocycles. The van der Waals surface area contributed by atoms with Crippen LogP contribution in [0.25, 0.3) is 0 Å². The highest BCUT2D eigenvalue weighted by molar-refractivity contribution is 6.53. The van der Waals surface area contributed by atoms with Crippen LogP contribution >= 0.6 is 34.8 Å². The molecule has 0 bridgehead atoms. The Kier molecular flexibility index (Phi) is 3.82. The number of alkyl halides is 2. The first-order chi connectivity index (χ1) is 10.00. The summed E-state index contributed by atoms with van der Waals surface area (Å²) < 4.78 is -1.09. The summed E-state index contributed by atoms with van der Waals surface area (Å²) >= 11 is 18.3. The van der Waals surface area contributed by atoms with E-state index in [9.17, 15) is 4.79 Å². The number of halogens is 3. The average Bonchev–Trinajstić information content (AvgIpc) is 3.05. The van der Waals surface area contributed by atoms with Crippen molar-refractivity contribution in [1.82, 2.24) is 4.98 Å². The largest absolute Gasteiger partial charge is 0.310 e. The Morgan fingerprint density at radius 2 is 1.86 bits per heavy atom. The van der Waals surface area contributed by atoms with Crippen LogP contribution in [0.1, 0.15) is 11.5 Å². The summed E-state index contributed by atoms with van der Waals surface area (Å²) in [4.78, 5) is 16.3. The van der Waals surface area contributed by atoms with E-state index < -0.39 is 10.3 Å². The third-order valence-corrected chi connectivity index (χ3v) is 4.64. The van der Waals surface area contributed by atoms with Crippen LogP contribution in [0.5, 0.6) is 0 Å². The molecule has 21 heavy (non-hydrogen) atoms. The third-order valence-electron chi connectivity index (χ3n) is 3.47. The van der Waals surface area contributed by atoms with Crippen LogP contribution in [-0.2, 0) is 4.79 Å². The van der Waals surface area contributed by atoms with Gasteiger partial charge in [-0.25, -0.2) is 4.98 Å². The molecule has 2 atom stereocenters. The number of hydrogen-bond acceptors (Lipinski definition) is 2. The quantitative estimate of drug-likeness (QED) is 0.848. The number of aromatic nitrogens is 1. The van der Waals surface area contributed by atoms with E-state index in [1.165, 1.54) is 6.20 Å². The number of benzene rings is 1. The summed E-state index contributed by atoms with van der Waals surface area (Å²) in [5.74, 6) is -0.536. The smallest absolute Gasteiger partial charge is 0.232 e. The third kappa shape index (κ3) is 2.86. The van der Waals surface area contributed by atoms with Gasteiger partial charge in [-0.1, -0.05) is 41.9 Å².